The minimum Gasteiger partial charge on any atom is -0.457 e. The van der Waals surface area contributed by atoms with Crippen LogP contribution >= 0.6 is 0 Å². The summed E-state index contributed by atoms with van der Waals surface area (Å²) in [5.41, 5.74) is 13.0. The Morgan fingerprint density at radius 2 is 0.691 bits per heavy atom. The second-order valence-corrected chi connectivity index (χ2v) is 18.0. The minimum absolute atomic E-state index is 0.689. The minimum atomic E-state index is -0.689. The summed E-state index contributed by atoms with van der Waals surface area (Å²) < 4.78 is 6.83. The van der Waals surface area contributed by atoms with Gasteiger partial charge in [-0.05, 0) is 127 Å². The van der Waals surface area contributed by atoms with Gasteiger partial charge in [-0.2, -0.15) is 0 Å². The van der Waals surface area contributed by atoms with Crippen LogP contribution in [0.1, 0.15) is 22.3 Å². The normalized spacial score (nSPS) is 12.9. The molecular formula is C65H42N2O. The van der Waals surface area contributed by atoms with Crippen molar-refractivity contribution in [3.63, 3.8) is 0 Å². The Balaban J connectivity index is 1.06. The van der Waals surface area contributed by atoms with E-state index in [1.54, 1.807) is 0 Å². The molecule has 1 spiro atoms. The molecule has 0 fully saturated rings. The van der Waals surface area contributed by atoms with E-state index in [9.17, 15) is 0 Å². The number of para-hydroxylation sites is 4. The van der Waals surface area contributed by atoms with Crippen molar-refractivity contribution >= 4 is 77.2 Å². The Morgan fingerprint density at radius 3 is 1.24 bits per heavy atom. The molecule has 0 bridgehead atoms. The summed E-state index contributed by atoms with van der Waals surface area (Å²) in [7, 11) is 0. The van der Waals surface area contributed by atoms with Gasteiger partial charge in [-0.15, -0.1) is 0 Å². The maximum absolute atomic E-state index is 6.83. The molecule has 0 saturated heterocycles. The van der Waals surface area contributed by atoms with Crippen LogP contribution < -0.4 is 14.5 Å². The Labute approximate surface area is 395 Å². The molecule has 0 atom stereocenters. The fourth-order valence-electron chi connectivity index (χ4n) is 11.6. The van der Waals surface area contributed by atoms with Crippen molar-refractivity contribution in [3.05, 3.63) is 277 Å². The molecule has 1 aliphatic heterocycles. The molecule has 68 heavy (non-hydrogen) atoms. The standard InChI is InChI=1S/C65H42N2O/c1-3-21-45(22-4-1)66(61-39-43-19-7-9-25-49(43)51-27-11-13-29-54(51)61)47-36-38-57-56(41-47)53-37-35-48(42-60(53)65(57)58-31-15-17-33-63(58)68-64-34-18-16-32-59(64)65)67(46-23-5-2-6-24-46)62-40-44-20-8-10-26-50(44)52-28-12-14-30-55(52)62/h1-42H. The van der Waals surface area contributed by atoms with Crippen LogP contribution in [0.2, 0.25) is 0 Å². The molecule has 0 unspecified atom stereocenters. The predicted molar refractivity (Wildman–Crippen MR) is 283 cm³/mol. The molecule has 0 radical (unpaired) electrons. The van der Waals surface area contributed by atoms with E-state index in [0.717, 1.165) is 56.8 Å². The second kappa shape index (κ2) is 15.1. The van der Waals surface area contributed by atoms with Crippen molar-refractivity contribution in [2.75, 3.05) is 9.80 Å². The van der Waals surface area contributed by atoms with Crippen molar-refractivity contribution in [1.82, 2.24) is 0 Å². The first-order chi connectivity index (χ1) is 33.7. The smallest absolute Gasteiger partial charge is 0.132 e. The Morgan fingerprint density at radius 1 is 0.265 bits per heavy atom. The van der Waals surface area contributed by atoms with E-state index in [4.69, 9.17) is 4.74 Å². The lowest BCUT2D eigenvalue weighted by molar-refractivity contribution is 0.436. The molecular weight excluding hydrogens is 825 g/mol. The van der Waals surface area contributed by atoms with Crippen molar-refractivity contribution in [2.45, 2.75) is 5.41 Å². The molecule has 1 aliphatic carbocycles. The Bertz CT molecular complexity index is 3930. The van der Waals surface area contributed by atoms with Gasteiger partial charge >= 0.3 is 0 Å². The quantitative estimate of drug-likeness (QED) is 0.155. The van der Waals surface area contributed by atoms with Crippen LogP contribution in [0.4, 0.5) is 34.1 Å². The Kier molecular flexibility index (Phi) is 8.50. The summed E-state index contributed by atoms with van der Waals surface area (Å²) in [5.74, 6) is 1.74. The third-order valence-electron chi connectivity index (χ3n) is 14.4. The van der Waals surface area contributed by atoms with E-state index in [-0.39, 0.29) is 0 Å². The first-order valence-corrected chi connectivity index (χ1v) is 23.4. The highest BCUT2D eigenvalue weighted by atomic mass is 16.5. The van der Waals surface area contributed by atoms with Gasteiger partial charge < -0.3 is 14.5 Å². The average Bonchev–Trinajstić information content (AvgIpc) is 3.68. The molecule has 3 heteroatoms. The van der Waals surface area contributed by atoms with Crippen molar-refractivity contribution in [2.24, 2.45) is 0 Å². The predicted octanol–water partition coefficient (Wildman–Crippen LogP) is 17.7. The lowest BCUT2D eigenvalue weighted by atomic mass is 9.66. The third-order valence-corrected chi connectivity index (χ3v) is 14.4. The average molecular weight is 867 g/mol. The molecule has 14 rings (SSSR count). The van der Waals surface area contributed by atoms with E-state index in [1.807, 2.05) is 0 Å². The number of hydrogen-bond donors (Lipinski definition) is 0. The first kappa shape index (κ1) is 38.4. The molecule has 12 aromatic rings. The van der Waals surface area contributed by atoms with Gasteiger partial charge in [0.2, 0.25) is 0 Å². The van der Waals surface area contributed by atoms with Crippen LogP contribution in [-0.4, -0.2) is 0 Å². The molecule has 0 saturated carbocycles. The van der Waals surface area contributed by atoms with Crippen molar-refractivity contribution < 1.29 is 4.74 Å². The van der Waals surface area contributed by atoms with E-state index < -0.39 is 5.41 Å². The van der Waals surface area contributed by atoms with E-state index in [1.165, 1.54) is 65.3 Å². The van der Waals surface area contributed by atoms with Gasteiger partial charge in [-0.3, -0.25) is 0 Å². The maximum Gasteiger partial charge on any atom is 0.132 e. The van der Waals surface area contributed by atoms with Crippen LogP contribution in [0.15, 0.2) is 255 Å². The van der Waals surface area contributed by atoms with Crippen LogP contribution in [0.5, 0.6) is 11.5 Å². The number of rotatable bonds is 6. The molecule has 12 aromatic carbocycles. The first-order valence-electron chi connectivity index (χ1n) is 23.4. The highest BCUT2D eigenvalue weighted by molar-refractivity contribution is 6.16. The molecule has 0 amide bonds. The zero-order valence-electron chi connectivity index (χ0n) is 37.1. The molecule has 1 heterocycles. The third kappa shape index (κ3) is 5.60. The molecule has 2 aliphatic rings. The van der Waals surface area contributed by atoms with Crippen molar-refractivity contribution in [3.8, 4) is 22.6 Å². The molecule has 0 aromatic heterocycles. The van der Waals surface area contributed by atoms with E-state index in [0.29, 0.717) is 0 Å². The summed E-state index contributed by atoms with van der Waals surface area (Å²) in [4.78, 5) is 4.90. The lowest BCUT2D eigenvalue weighted by Crippen LogP contribution is -2.32. The summed E-state index contributed by atoms with van der Waals surface area (Å²) in [6, 6.07) is 93.1. The summed E-state index contributed by atoms with van der Waals surface area (Å²) in [5, 5.41) is 9.76. The van der Waals surface area contributed by atoms with Gasteiger partial charge in [0.15, 0.2) is 0 Å². The topological polar surface area (TPSA) is 15.7 Å². The molecule has 3 nitrogen and oxygen atoms in total. The zero-order chi connectivity index (χ0) is 44.8. The van der Waals surface area contributed by atoms with Gasteiger partial charge in [-0.1, -0.05) is 182 Å². The fraction of sp³-hybridized carbons (Fsp3) is 0.0154. The highest BCUT2D eigenvalue weighted by Gasteiger charge is 2.51. The fourth-order valence-corrected chi connectivity index (χ4v) is 11.6. The monoisotopic (exact) mass is 866 g/mol. The molecule has 0 N–H and O–H groups in total. The van der Waals surface area contributed by atoms with Crippen molar-refractivity contribution in [1.29, 1.82) is 0 Å². The zero-order valence-corrected chi connectivity index (χ0v) is 37.1. The summed E-state index contributed by atoms with van der Waals surface area (Å²) in [6.07, 6.45) is 0. The summed E-state index contributed by atoms with van der Waals surface area (Å²) in [6.45, 7) is 0. The number of ether oxygens (including phenoxy) is 1. The molecule has 318 valence electrons. The van der Waals surface area contributed by atoms with Crippen LogP contribution in [-0.2, 0) is 5.41 Å². The van der Waals surface area contributed by atoms with Gasteiger partial charge in [0.05, 0.1) is 16.8 Å². The van der Waals surface area contributed by atoms with Gasteiger partial charge in [0.1, 0.15) is 11.5 Å². The largest absolute Gasteiger partial charge is 0.457 e. The number of hydrogen-bond acceptors (Lipinski definition) is 3. The van der Waals surface area contributed by atoms with Crippen LogP contribution in [0.25, 0.3) is 54.2 Å². The second-order valence-electron chi connectivity index (χ2n) is 18.0. The number of anilines is 6. The Hall–Kier alpha value is -8.92. The number of fused-ring (bicyclic) bond motifs is 15. The highest BCUT2D eigenvalue weighted by Crippen LogP contribution is 2.63. The van der Waals surface area contributed by atoms with Gasteiger partial charge in [0.25, 0.3) is 0 Å². The summed E-state index contributed by atoms with van der Waals surface area (Å²) >= 11 is 0. The van der Waals surface area contributed by atoms with E-state index in [2.05, 4.69) is 265 Å². The van der Waals surface area contributed by atoms with Gasteiger partial charge in [0, 0.05) is 44.6 Å². The van der Waals surface area contributed by atoms with E-state index >= 15 is 0 Å². The lowest BCUT2D eigenvalue weighted by Gasteiger charge is -2.40. The maximum atomic E-state index is 6.83. The SMILES string of the molecule is c1ccc(N(c2ccc3c(c2)-c2ccc(N(c4ccccc4)c4cc5ccccc5c5ccccc45)cc2C32c3ccccc3Oc3ccccc32)c2cc3ccccc3c3ccccc23)cc1. The number of benzene rings is 12. The van der Waals surface area contributed by atoms with Crippen LogP contribution in [0, 0.1) is 0 Å². The number of nitrogens with zero attached hydrogens (tertiary/aromatic N) is 2. The van der Waals surface area contributed by atoms with Crippen LogP contribution in [0.3, 0.4) is 0 Å². The van der Waals surface area contributed by atoms with Gasteiger partial charge in [-0.25, -0.2) is 0 Å².